The number of rotatable bonds is 2. The summed E-state index contributed by atoms with van der Waals surface area (Å²) in [4.78, 5) is 0. The monoisotopic (exact) mass is 1950 g/mol. The summed E-state index contributed by atoms with van der Waals surface area (Å²) >= 11 is 0. The molecule has 0 heterocycles. The normalized spacial score (nSPS) is 25.9. The third kappa shape index (κ3) is 9.83. The molecule has 0 bridgehead atoms. The largest absolute Gasteiger partial charge is 0.508 e. The van der Waals surface area contributed by atoms with Crippen molar-refractivity contribution in [1.82, 2.24) is 0 Å². The molecule has 10 atom stereocenters. The van der Waals surface area contributed by atoms with E-state index in [4.69, 9.17) is 0 Å². The van der Waals surface area contributed by atoms with Crippen molar-refractivity contribution in [3.63, 3.8) is 0 Å². The minimum Gasteiger partial charge on any atom is -0.508 e. The first-order chi connectivity index (χ1) is 64.1. The third-order valence-electron chi connectivity index (χ3n) is 33.8. The molecule has 0 spiro atoms. The highest BCUT2D eigenvalue weighted by molar-refractivity contribution is 6.05. The fourth-order valence-corrected chi connectivity index (χ4v) is 26.9. The van der Waals surface area contributed by atoms with Crippen molar-refractivity contribution in [3.8, 4) is 139 Å². The van der Waals surface area contributed by atoms with Crippen LogP contribution < -0.4 is 0 Å². The number of benzene rings is 13. The topological polar surface area (TPSA) is 20.2 Å². The molecule has 0 aliphatic heterocycles. The highest BCUT2D eigenvalue weighted by atomic mass is 19.4. The zero-order chi connectivity index (χ0) is 100. The van der Waals surface area contributed by atoms with Crippen LogP contribution >= 0.6 is 0 Å². The molecule has 0 fully saturated rings. The molecule has 1 nitrogen and oxygen atoms in total. The third-order valence-corrected chi connectivity index (χ3v) is 33.8. The lowest BCUT2D eigenvalue weighted by Crippen LogP contribution is -2.48. The van der Waals surface area contributed by atoms with Crippen LogP contribution in [0.1, 0.15) is 181 Å². The van der Waals surface area contributed by atoms with Gasteiger partial charge in [0.2, 0.25) is 0 Å². The second-order valence-corrected chi connectivity index (χ2v) is 39.9. The molecule has 13 aromatic rings. The molecule has 712 valence electrons. The molecule has 1 N–H and O–H groups in total. The highest BCUT2D eigenvalue weighted by Gasteiger charge is 2.77. The predicted octanol–water partition coefficient (Wildman–Crippen LogP) is 33.2. The fraction of sp³-hybridized carbons (Fsp3) is 0.278. The first-order valence-corrected chi connectivity index (χ1v) is 43.5. The van der Waals surface area contributed by atoms with Crippen molar-refractivity contribution in [2.45, 2.75) is 185 Å². The van der Waals surface area contributed by atoms with Crippen molar-refractivity contribution in [2.24, 2.45) is 0 Å². The number of aromatic hydroxyl groups is 1. The summed E-state index contributed by atoms with van der Waals surface area (Å²) in [5.41, 5.74) is -72.0. The average molecular weight is 1950 g/mol. The second kappa shape index (κ2) is 25.7. The number of hydrogen-bond acceptors (Lipinski definition) is 1. The minimum atomic E-state index is -5.97. The van der Waals surface area contributed by atoms with Gasteiger partial charge in [-0.25, -0.2) is 0 Å². The van der Waals surface area contributed by atoms with Gasteiger partial charge in [-0.2, -0.15) is 132 Å². The van der Waals surface area contributed by atoms with E-state index in [1.54, 1.807) is 0 Å². The van der Waals surface area contributed by atoms with Crippen molar-refractivity contribution in [1.29, 1.82) is 0 Å². The van der Waals surface area contributed by atoms with E-state index in [1.165, 1.54) is 36.4 Å². The number of alkyl halides is 30. The van der Waals surface area contributed by atoms with Gasteiger partial charge in [0.1, 0.15) is 59.9 Å². The number of fused-ring (bicyclic) bond motifs is 38. The molecule has 10 aliphatic carbocycles. The molecule has 31 heteroatoms. The molecule has 10 aliphatic rings. The molecule has 0 saturated carbocycles. The van der Waals surface area contributed by atoms with Gasteiger partial charge < -0.3 is 5.11 Å². The summed E-state index contributed by atoms with van der Waals surface area (Å²) in [6.07, 6.45) is -57.8. The van der Waals surface area contributed by atoms with E-state index in [0.29, 0.717) is 69.2 Å². The van der Waals surface area contributed by atoms with Gasteiger partial charge in [0.15, 0.2) is 0 Å². The van der Waals surface area contributed by atoms with E-state index >= 15 is 132 Å². The predicted molar refractivity (Wildman–Crippen MR) is 458 cm³/mol. The molecule has 0 saturated heterocycles. The van der Waals surface area contributed by atoms with Gasteiger partial charge in [-0.3, -0.25) is 0 Å². The number of hydrogen-bond donors (Lipinski definition) is 1. The SMILES string of the molecule is CC1(C(F)(F)F)c2ccccc2-c2ccc3c(c21)C(C)(C(F)(F)F)c1c-3ccc2c1C(C)(C(F)(F)F)c1c-2ccc2c1C(C)(C(F)(F)F)c1c-2ccc2c1C(C)(C(F)(F)F)c1cc(-c3cc(O)cc(-c4ccc5c(c4)C(C)(C(F)(F)F)c4c-5ccc5c4C(C)(C(F)(F)F)c4c-5ccc5c4C(C)(C(F)(F)F)c4c-5ccc5c4C(C)(C(F)(F)F)c4c-5ccc5c4C(C)(C(F)(F)F)c4ccccc4-5)c3)ccc1-2. The van der Waals surface area contributed by atoms with Crippen molar-refractivity contribution < 1.29 is 137 Å². The number of halogens is 30. The zero-order valence-corrected chi connectivity index (χ0v) is 73.3. The first-order valence-electron chi connectivity index (χ1n) is 43.5. The van der Waals surface area contributed by atoms with Crippen LogP contribution in [0.15, 0.2) is 200 Å². The van der Waals surface area contributed by atoms with Crippen LogP contribution in [0.2, 0.25) is 0 Å². The molecule has 0 aromatic heterocycles. The van der Waals surface area contributed by atoms with Crippen LogP contribution in [-0.2, 0) is 54.1 Å². The van der Waals surface area contributed by atoms with Crippen molar-refractivity contribution in [3.05, 3.63) is 311 Å². The Kier molecular flexibility index (Phi) is 16.7. The maximum absolute atomic E-state index is 17.5. The molecule has 0 amide bonds. The van der Waals surface area contributed by atoms with Crippen LogP contribution in [0.3, 0.4) is 0 Å². The lowest BCUT2D eigenvalue weighted by atomic mass is 9.64. The molecular formula is C108H64F30O. The Morgan fingerprint density at radius 2 is 0.281 bits per heavy atom. The average Bonchev–Trinajstić information content (AvgIpc) is 1.47. The van der Waals surface area contributed by atoms with Crippen molar-refractivity contribution >= 4 is 0 Å². The quantitative estimate of drug-likeness (QED) is 0.171. The fourth-order valence-electron chi connectivity index (χ4n) is 26.9. The van der Waals surface area contributed by atoms with E-state index < -0.39 is 322 Å². The molecular weight excluding hydrogens is 1880 g/mol. The van der Waals surface area contributed by atoms with Gasteiger partial charge in [-0.05, 0) is 344 Å². The molecule has 139 heavy (non-hydrogen) atoms. The number of phenolic OH excluding ortho intramolecular Hbond substituents is 1. The Balaban J connectivity index is 0.636. The Labute approximate surface area is 769 Å². The Morgan fingerprint density at radius 1 is 0.144 bits per heavy atom. The summed E-state index contributed by atoms with van der Waals surface area (Å²) in [6.45, 7) is 4.44. The van der Waals surface area contributed by atoms with Gasteiger partial charge in [0, 0.05) is 0 Å². The van der Waals surface area contributed by atoms with E-state index in [-0.39, 0.29) is 44.5 Å². The molecule has 13 aromatic carbocycles. The minimum absolute atomic E-state index is 0.148. The Bertz CT molecular complexity index is 7450. The van der Waals surface area contributed by atoms with Gasteiger partial charge >= 0.3 is 61.8 Å². The molecule has 23 rings (SSSR count). The van der Waals surface area contributed by atoms with E-state index in [0.717, 1.165) is 164 Å². The maximum Gasteiger partial charge on any atom is 0.402 e. The molecule has 10 unspecified atom stereocenters. The Morgan fingerprint density at radius 3 is 0.453 bits per heavy atom. The molecule has 0 radical (unpaired) electrons. The maximum atomic E-state index is 17.5. The smallest absolute Gasteiger partial charge is 0.402 e. The lowest BCUT2D eigenvalue weighted by Gasteiger charge is -2.41. The highest BCUT2D eigenvalue weighted by Crippen LogP contribution is 2.79. The standard InChI is InChI=1S/C108H64F30O/c1-89(99(109,110)111)69-17-13-11-15-49(69)53-23-27-57-61-31-35-65-67-37-33-63-59-29-25-55-51-21-19-44(42-71(51)91(3,101(115,116)117)75(55)79(59)95(7,105(127,128)129)83(63)87(67)97(9,107(133,134)135)85(65)81(61)93(5,103(121,122)123)77(57)73(53)89)46-39-47(41-48(139)40-46)45-20-22-52-56-26-30-60-64-34-38-68-66-36-32-62-58-28-24-54-50-16-12-14-18-70(50)90(2,100(112,113)114)74(54)78(58)94(6,104(124,125)126)82(62)86(66)98(10,108(136,137)138)88(68)84(64)96(8,106(130,131)132)80(60)76(56)92(4,72(52)43-45)102(118,119)120/h11-43,139H,1-10H3. The van der Waals surface area contributed by atoms with Crippen LogP contribution in [-0.4, -0.2) is 66.9 Å². The van der Waals surface area contributed by atoms with Crippen molar-refractivity contribution in [2.75, 3.05) is 0 Å². The second-order valence-electron chi connectivity index (χ2n) is 39.9. The van der Waals surface area contributed by atoms with Crippen LogP contribution in [0, 0.1) is 0 Å². The van der Waals surface area contributed by atoms with Crippen LogP contribution in [0.5, 0.6) is 5.75 Å². The summed E-state index contributed by atoms with van der Waals surface area (Å²) in [7, 11) is 0. The van der Waals surface area contributed by atoms with E-state index in [9.17, 15) is 5.11 Å². The summed E-state index contributed by atoms with van der Waals surface area (Å²) in [5, 5.41) is 11.8. The van der Waals surface area contributed by atoms with Gasteiger partial charge in [-0.1, -0.05) is 170 Å². The number of phenols is 1. The Hall–Kier alpha value is -12.4. The van der Waals surface area contributed by atoms with Gasteiger partial charge in [-0.15, -0.1) is 0 Å². The summed E-state index contributed by atoms with van der Waals surface area (Å²) < 4.78 is 512. The zero-order valence-electron chi connectivity index (χ0n) is 73.3. The van der Waals surface area contributed by atoms with E-state index in [1.807, 2.05) is 0 Å². The summed E-state index contributed by atoms with van der Waals surface area (Å²) in [5.74, 6) is -0.778. The van der Waals surface area contributed by atoms with Gasteiger partial charge in [0.05, 0.1) is 0 Å². The van der Waals surface area contributed by atoms with E-state index in [2.05, 4.69) is 0 Å². The van der Waals surface area contributed by atoms with Crippen LogP contribution in [0.25, 0.3) is 134 Å². The summed E-state index contributed by atoms with van der Waals surface area (Å²) in [6, 6.07) is 34.3. The van der Waals surface area contributed by atoms with Gasteiger partial charge in [0.25, 0.3) is 0 Å². The lowest BCUT2D eigenvalue weighted by molar-refractivity contribution is -0.184. The van der Waals surface area contributed by atoms with Crippen LogP contribution in [0.4, 0.5) is 132 Å². The first kappa shape index (κ1) is 90.4.